The highest BCUT2D eigenvalue weighted by atomic mass is 32.1. The van der Waals surface area contributed by atoms with Gasteiger partial charge in [0.05, 0.1) is 4.99 Å². The number of nitrogens with one attached hydrogen (secondary N) is 1. The van der Waals surface area contributed by atoms with Crippen LogP contribution in [-0.4, -0.2) is 16.9 Å². The van der Waals surface area contributed by atoms with E-state index in [2.05, 4.69) is 5.32 Å². The van der Waals surface area contributed by atoms with Crippen LogP contribution in [0.1, 0.15) is 37.2 Å². The molecule has 2 saturated carbocycles. The van der Waals surface area contributed by atoms with E-state index in [4.69, 9.17) is 18.0 Å². The first-order chi connectivity index (χ1) is 9.66. The Balaban J connectivity index is 1.73. The van der Waals surface area contributed by atoms with Crippen LogP contribution in [-0.2, 0) is 4.79 Å². The first kappa shape index (κ1) is 13.6. The Morgan fingerprint density at radius 1 is 1.15 bits per heavy atom. The summed E-state index contributed by atoms with van der Waals surface area (Å²) in [5.41, 5.74) is 6.68. The molecule has 3 nitrogen and oxygen atoms in total. The normalized spacial score (nSPS) is 19.6. The lowest BCUT2D eigenvalue weighted by Gasteiger charge is -2.22. The standard InChI is InChI=1S/C16H20N2OS/c17-15(20)13(10-4-2-1-3-5-10)16(19)18-14(11-6-7-11)12-8-9-12/h1-5,11-14H,6-9H2,(H2,17,20)(H,18,19). The fourth-order valence-corrected chi connectivity index (χ4v) is 3.11. The maximum atomic E-state index is 12.6. The predicted octanol–water partition coefficient (Wildman–Crippen LogP) is 2.36. The van der Waals surface area contributed by atoms with E-state index in [1.54, 1.807) is 0 Å². The van der Waals surface area contributed by atoms with Crippen molar-refractivity contribution >= 4 is 23.1 Å². The number of hydrogen-bond donors (Lipinski definition) is 2. The number of carbonyl (C=O) groups is 1. The molecule has 0 bridgehead atoms. The van der Waals surface area contributed by atoms with Crippen LogP contribution in [0.25, 0.3) is 0 Å². The topological polar surface area (TPSA) is 55.1 Å². The molecule has 106 valence electrons. The Morgan fingerprint density at radius 2 is 1.70 bits per heavy atom. The van der Waals surface area contributed by atoms with E-state index in [1.807, 2.05) is 30.3 Å². The summed E-state index contributed by atoms with van der Waals surface area (Å²) < 4.78 is 0. The molecule has 1 amide bonds. The molecule has 2 aliphatic rings. The lowest BCUT2D eigenvalue weighted by Crippen LogP contribution is -2.43. The molecule has 0 radical (unpaired) electrons. The Morgan fingerprint density at radius 3 is 2.15 bits per heavy atom. The Bertz CT molecular complexity index is 496. The summed E-state index contributed by atoms with van der Waals surface area (Å²) in [6, 6.07) is 9.90. The number of hydrogen-bond acceptors (Lipinski definition) is 2. The molecule has 1 atom stereocenters. The highest BCUT2D eigenvalue weighted by Gasteiger charge is 2.43. The summed E-state index contributed by atoms with van der Waals surface area (Å²) >= 11 is 5.11. The van der Waals surface area contributed by atoms with Crippen molar-refractivity contribution in [2.75, 3.05) is 0 Å². The Kier molecular flexibility index (Phi) is 3.74. The van der Waals surface area contributed by atoms with E-state index in [0.29, 0.717) is 17.9 Å². The molecule has 0 aromatic heterocycles. The van der Waals surface area contributed by atoms with Gasteiger partial charge in [0.2, 0.25) is 5.91 Å². The molecule has 3 rings (SSSR count). The van der Waals surface area contributed by atoms with E-state index < -0.39 is 5.92 Å². The maximum absolute atomic E-state index is 12.6. The van der Waals surface area contributed by atoms with Crippen LogP contribution in [0.15, 0.2) is 30.3 Å². The Hall–Kier alpha value is -1.42. The average Bonchev–Trinajstić information content (AvgIpc) is 3.28. The smallest absolute Gasteiger partial charge is 0.234 e. The third kappa shape index (κ3) is 3.01. The highest BCUT2D eigenvalue weighted by Crippen LogP contribution is 2.44. The van der Waals surface area contributed by atoms with Crippen LogP contribution in [0.3, 0.4) is 0 Å². The number of nitrogens with two attached hydrogens (primary N) is 1. The van der Waals surface area contributed by atoms with E-state index in [0.717, 1.165) is 5.56 Å². The zero-order valence-electron chi connectivity index (χ0n) is 11.4. The third-order valence-corrected chi connectivity index (χ3v) is 4.48. The zero-order valence-corrected chi connectivity index (χ0v) is 12.2. The van der Waals surface area contributed by atoms with Crippen LogP contribution in [0.4, 0.5) is 0 Å². The molecular weight excluding hydrogens is 268 g/mol. The number of benzene rings is 1. The summed E-state index contributed by atoms with van der Waals surface area (Å²) in [5.74, 6) is 0.808. The van der Waals surface area contributed by atoms with Gasteiger partial charge in [0.15, 0.2) is 0 Å². The van der Waals surface area contributed by atoms with E-state index in [9.17, 15) is 4.79 Å². The molecule has 1 aromatic carbocycles. The molecule has 2 fully saturated rings. The fourth-order valence-electron chi connectivity index (χ4n) is 2.87. The molecule has 0 spiro atoms. The molecule has 3 N–H and O–H groups in total. The third-order valence-electron chi connectivity index (χ3n) is 4.25. The van der Waals surface area contributed by atoms with Crippen molar-refractivity contribution in [3.63, 3.8) is 0 Å². The number of amides is 1. The van der Waals surface area contributed by atoms with Gasteiger partial charge < -0.3 is 11.1 Å². The van der Waals surface area contributed by atoms with Gasteiger partial charge in [0.25, 0.3) is 0 Å². The second kappa shape index (κ2) is 5.52. The minimum Gasteiger partial charge on any atom is -0.392 e. The van der Waals surface area contributed by atoms with Crippen LogP contribution < -0.4 is 11.1 Å². The van der Waals surface area contributed by atoms with Crippen molar-refractivity contribution in [1.82, 2.24) is 5.32 Å². The van der Waals surface area contributed by atoms with Crippen LogP contribution in [0, 0.1) is 11.8 Å². The second-order valence-corrected chi connectivity index (χ2v) is 6.43. The number of carbonyl (C=O) groups excluding carboxylic acids is 1. The average molecular weight is 288 g/mol. The quantitative estimate of drug-likeness (QED) is 0.790. The van der Waals surface area contributed by atoms with Gasteiger partial charge in [0.1, 0.15) is 5.92 Å². The molecule has 1 unspecified atom stereocenters. The van der Waals surface area contributed by atoms with Crippen molar-refractivity contribution in [1.29, 1.82) is 0 Å². The van der Waals surface area contributed by atoms with Crippen LogP contribution in [0.5, 0.6) is 0 Å². The van der Waals surface area contributed by atoms with Crippen molar-refractivity contribution in [3.8, 4) is 0 Å². The SMILES string of the molecule is NC(=S)C(C(=O)NC(C1CC1)C1CC1)c1ccccc1. The van der Waals surface area contributed by atoms with E-state index >= 15 is 0 Å². The highest BCUT2D eigenvalue weighted by molar-refractivity contribution is 7.80. The second-order valence-electron chi connectivity index (χ2n) is 5.96. The molecule has 2 aliphatic carbocycles. The fraction of sp³-hybridized carbons (Fsp3) is 0.500. The lowest BCUT2D eigenvalue weighted by molar-refractivity contribution is -0.122. The summed E-state index contributed by atoms with van der Waals surface area (Å²) in [7, 11) is 0. The van der Waals surface area contributed by atoms with Crippen LogP contribution in [0.2, 0.25) is 0 Å². The summed E-state index contributed by atoms with van der Waals surface area (Å²) in [6.45, 7) is 0. The van der Waals surface area contributed by atoms with Gasteiger partial charge in [0, 0.05) is 6.04 Å². The molecule has 0 heterocycles. The first-order valence-corrected chi connectivity index (χ1v) is 7.72. The van der Waals surface area contributed by atoms with Crippen molar-refractivity contribution in [2.45, 2.75) is 37.6 Å². The van der Waals surface area contributed by atoms with E-state index in [1.165, 1.54) is 25.7 Å². The molecule has 0 aliphatic heterocycles. The largest absolute Gasteiger partial charge is 0.392 e. The maximum Gasteiger partial charge on any atom is 0.234 e. The van der Waals surface area contributed by atoms with Gasteiger partial charge in [-0.3, -0.25) is 4.79 Å². The number of thiocarbonyl (C=S) groups is 1. The van der Waals surface area contributed by atoms with Crippen molar-refractivity contribution in [2.24, 2.45) is 17.6 Å². The van der Waals surface area contributed by atoms with Gasteiger partial charge in [-0.1, -0.05) is 42.5 Å². The van der Waals surface area contributed by atoms with Gasteiger partial charge in [-0.15, -0.1) is 0 Å². The minimum absolute atomic E-state index is 0.0347. The lowest BCUT2D eigenvalue weighted by atomic mass is 9.97. The summed E-state index contributed by atoms with van der Waals surface area (Å²) in [4.78, 5) is 12.8. The van der Waals surface area contributed by atoms with Crippen molar-refractivity contribution < 1.29 is 4.79 Å². The predicted molar refractivity (Wildman–Crippen MR) is 83.3 cm³/mol. The van der Waals surface area contributed by atoms with Gasteiger partial charge in [-0.2, -0.15) is 0 Å². The Labute approximate surface area is 124 Å². The molecule has 0 saturated heterocycles. The van der Waals surface area contributed by atoms with Gasteiger partial charge >= 0.3 is 0 Å². The molecular formula is C16H20N2OS. The number of rotatable bonds is 6. The summed E-state index contributed by atoms with van der Waals surface area (Å²) in [5, 5.41) is 3.21. The zero-order chi connectivity index (χ0) is 14.1. The van der Waals surface area contributed by atoms with Gasteiger partial charge in [-0.25, -0.2) is 0 Å². The first-order valence-electron chi connectivity index (χ1n) is 7.31. The molecule has 4 heteroatoms. The molecule has 20 heavy (non-hydrogen) atoms. The minimum atomic E-state index is -0.508. The van der Waals surface area contributed by atoms with Crippen molar-refractivity contribution in [3.05, 3.63) is 35.9 Å². The van der Waals surface area contributed by atoms with Crippen LogP contribution >= 0.6 is 12.2 Å². The summed E-state index contributed by atoms with van der Waals surface area (Å²) in [6.07, 6.45) is 4.96. The van der Waals surface area contributed by atoms with E-state index in [-0.39, 0.29) is 10.9 Å². The van der Waals surface area contributed by atoms with Gasteiger partial charge in [-0.05, 0) is 43.1 Å². The monoisotopic (exact) mass is 288 g/mol. The molecule has 1 aromatic rings.